The third-order valence-electron chi connectivity index (χ3n) is 6.03. The maximum Gasteiger partial charge on any atom is 0.330 e. The highest BCUT2D eigenvalue weighted by Gasteiger charge is 2.53. The summed E-state index contributed by atoms with van der Waals surface area (Å²) in [6.07, 6.45) is 8.82. The average Bonchev–Trinajstić information content (AvgIpc) is 3.29. The van der Waals surface area contributed by atoms with Gasteiger partial charge in [-0.1, -0.05) is 36.4 Å². The number of esters is 1. The maximum atomic E-state index is 11.4. The molecular formula is C24H26O4. The Morgan fingerprint density at radius 3 is 2.50 bits per heavy atom. The third kappa shape index (κ3) is 4.12. The molecule has 2 aromatic carbocycles. The van der Waals surface area contributed by atoms with Gasteiger partial charge in [-0.25, -0.2) is 4.79 Å². The van der Waals surface area contributed by atoms with E-state index in [2.05, 4.69) is 6.07 Å². The van der Waals surface area contributed by atoms with Crippen LogP contribution in [0, 0.1) is 5.41 Å². The van der Waals surface area contributed by atoms with Crippen LogP contribution in [0.5, 0.6) is 11.5 Å². The Hall–Kier alpha value is -2.59. The number of carbonyl (C=O) groups is 1. The van der Waals surface area contributed by atoms with Gasteiger partial charge < -0.3 is 14.2 Å². The van der Waals surface area contributed by atoms with Crippen LogP contribution in [0.4, 0.5) is 0 Å². The molecule has 2 saturated carbocycles. The summed E-state index contributed by atoms with van der Waals surface area (Å²) in [5, 5.41) is 0. The second-order valence-corrected chi connectivity index (χ2v) is 7.93. The first kappa shape index (κ1) is 18.8. The first-order chi connectivity index (χ1) is 13.6. The fraction of sp³-hybridized carbons (Fsp3) is 0.375. The quantitative estimate of drug-likeness (QED) is 0.476. The van der Waals surface area contributed by atoms with Crippen molar-refractivity contribution in [3.05, 3.63) is 72.3 Å². The molecule has 0 N–H and O–H groups in total. The number of para-hydroxylation sites is 1. The Balaban J connectivity index is 1.37. The lowest BCUT2D eigenvalue weighted by Crippen LogP contribution is -2.26. The van der Waals surface area contributed by atoms with E-state index in [0.29, 0.717) is 6.61 Å². The molecule has 0 heterocycles. The smallest absolute Gasteiger partial charge is 0.330 e. The van der Waals surface area contributed by atoms with Gasteiger partial charge in [-0.3, -0.25) is 0 Å². The zero-order valence-corrected chi connectivity index (χ0v) is 16.2. The van der Waals surface area contributed by atoms with Gasteiger partial charge in [-0.05, 0) is 67.3 Å². The lowest BCUT2D eigenvalue weighted by atomic mass is 9.84. The lowest BCUT2D eigenvalue weighted by Gasteiger charge is -2.27. The molecular weight excluding hydrogens is 352 g/mol. The number of rotatable bonds is 7. The van der Waals surface area contributed by atoms with Gasteiger partial charge in [0, 0.05) is 6.08 Å². The van der Waals surface area contributed by atoms with E-state index in [1.54, 1.807) is 6.08 Å². The van der Waals surface area contributed by atoms with Crippen LogP contribution in [0.1, 0.15) is 37.7 Å². The molecule has 0 unspecified atom stereocenters. The molecule has 2 fully saturated rings. The normalized spacial score (nSPS) is 25.9. The number of fused-ring (bicyclic) bond motifs is 2. The summed E-state index contributed by atoms with van der Waals surface area (Å²) in [5.74, 6) is 1.36. The minimum Gasteiger partial charge on any atom is -0.466 e. The van der Waals surface area contributed by atoms with Crippen LogP contribution in [-0.4, -0.2) is 18.7 Å². The van der Waals surface area contributed by atoms with Crippen molar-refractivity contribution in [1.29, 1.82) is 0 Å². The minimum atomic E-state index is -0.282. The molecule has 2 aromatic rings. The van der Waals surface area contributed by atoms with Crippen molar-refractivity contribution in [2.75, 3.05) is 7.11 Å². The van der Waals surface area contributed by atoms with E-state index in [-0.39, 0.29) is 17.0 Å². The van der Waals surface area contributed by atoms with Gasteiger partial charge in [-0.15, -0.1) is 0 Å². The van der Waals surface area contributed by atoms with Crippen molar-refractivity contribution in [2.45, 2.75) is 44.3 Å². The van der Waals surface area contributed by atoms with E-state index in [0.717, 1.165) is 49.2 Å². The summed E-state index contributed by atoms with van der Waals surface area (Å²) < 4.78 is 17.1. The summed E-state index contributed by atoms with van der Waals surface area (Å²) in [7, 11) is 1.41. The number of carbonyl (C=O) groups excluding carboxylic acids is 1. The highest BCUT2D eigenvalue weighted by Crippen LogP contribution is 2.59. The second kappa shape index (κ2) is 7.80. The Kier molecular flexibility index (Phi) is 5.23. The van der Waals surface area contributed by atoms with Gasteiger partial charge in [0.1, 0.15) is 11.5 Å². The number of allylic oxidation sites excluding steroid dienone is 1. The molecule has 28 heavy (non-hydrogen) atoms. The van der Waals surface area contributed by atoms with Crippen molar-refractivity contribution in [3.8, 4) is 11.5 Å². The summed E-state index contributed by atoms with van der Waals surface area (Å²) in [6.45, 7) is 0.572. The molecule has 0 spiro atoms. The predicted octanol–water partition coefficient (Wildman–Crippen LogP) is 5.43. The van der Waals surface area contributed by atoms with Crippen molar-refractivity contribution < 1.29 is 19.0 Å². The molecule has 0 radical (unpaired) electrons. The molecule has 0 aliphatic heterocycles. The number of benzene rings is 2. The largest absolute Gasteiger partial charge is 0.466 e. The van der Waals surface area contributed by atoms with Crippen LogP contribution in [0.15, 0.2) is 66.7 Å². The summed E-state index contributed by atoms with van der Waals surface area (Å²) >= 11 is 0. The Morgan fingerprint density at radius 2 is 1.75 bits per heavy atom. The van der Waals surface area contributed by atoms with Gasteiger partial charge in [0.2, 0.25) is 0 Å². The number of hydrogen-bond acceptors (Lipinski definition) is 4. The number of ether oxygens (including phenoxy) is 3. The van der Waals surface area contributed by atoms with Gasteiger partial charge in [0.25, 0.3) is 0 Å². The third-order valence-corrected chi connectivity index (χ3v) is 6.03. The van der Waals surface area contributed by atoms with Gasteiger partial charge >= 0.3 is 5.97 Å². The van der Waals surface area contributed by atoms with Crippen LogP contribution in [0.2, 0.25) is 0 Å². The predicted molar refractivity (Wildman–Crippen MR) is 107 cm³/mol. The zero-order valence-electron chi connectivity index (χ0n) is 16.2. The molecule has 2 aliphatic carbocycles. The SMILES string of the molecule is COC(=O)/C=C/C12CCC(OCc3cccc(Oc4ccccc4)c3)(CC1)C2. The van der Waals surface area contributed by atoms with Crippen molar-refractivity contribution in [1.82, 2.24) is 0 Å². The summed E-state index contributed by atoms with van der Waals surface area (Å²) in [5.41, 5.74) is 1.13. The van der Waals surface area contributed by atoms with E-state index < -0.39 is 0 Å². The molecule has 0 atom stereocenters. The van der Waals surface area contributed by atoms with Crippen molar-refractivity contribution in [3.63, 3.8) is 0 Å². The Morgan fingerprint density at radius 1 is 1.00 bits per heavy atom. The highest BCUT2D eigenvalue weighted by atomic mass is 16.5. The molecule has 0 saturated heterocycles. The molecule has 2 aliphatic rings. The van der Waals surface area contributed by atoms with Crippen LogP contribution in [0.3, 0.4) is 0 Å². The first-order valence-electron chi connectivity index (χ1n) is 9.84. The van der Waals surface area contributed by atoms with Crippen LogP contribution in [0.25, 0.3) is 0 Å². The zero-order chi connectivity index (χ0) is 19.5. The van der Waals surface area contributed by atoms with Crippen LogP contribution >= 0.6 is 0 Å². The molecule has 0 aromatic heterocycles. The maximum absolute atomic E-state index is 11.4. The van der Waals surface area contributed by atoms with Crippen molar-refractivity contribution >= 4 is 5.97 Å². The topological polar surface area (TPSA) is 44.8 Å². The molecule has 4 nitrogen and oxygen atoms in total. The summed E-state index contributed by atoms with van der Waals surface area (Å²) in [4.78, 5) is 11.4. The Labute approximate surface area is 166 Å². The van der Waals surface area contributed by atoms with E-state index >= 15 is 0 Å². The Bertz CT molecular complexity index is 848. The van der Waals surface area contributed by atoms with Gasteiger partial charge in [-0.2, -0.15) is 0 Å². The van der Waals surface area contributed by atoms with E-state index in [1.807, 2.05) is 54.6 Å². The van der Waals surface area contributed by atoms with Crippen LogP contribution in [-0.2, 0) is 20.9 Å². The lowest BCUT2D eigenvalue weighted by molar-refractivity contribution is -0.134. The average molecular weight is 378 g/mol. The fourth-order valence-electron chi connectivity index (χ4n) is 4.49. The molecule has 146 valence electrons. The highest BCUT2D eigenvalue weighted by molar-refractivity contribution is 5.81. The monoisotopic (exact) mass is 378 g/mol. The van der Waals surface area contributed by atoms with Crippen molar-refractivity contribution in [2.24, 2.45) is 5.41 Å². The number of hydrogen-bond donors (Lipinski definition) is 0. The van der Waals surface area contributed by atoms with E-state index in [1.165, 1.54) is 7.11 Å². The van der Waals surface area contributed by atoms with Gasteiger partial charge in [0.05, 0.1) is 19.3 Å². The fourth-order valence-corrected chi connectivity index (χ4v) is 4.49. The second-order valence-electron chi connectivity index (χ2n) is 7.93. The van der Waals surface area contributed by atoms with E-state index in [9.17, 15) is 4.79 Å². The molecule has 0 amide bonds. The number of methoxy groups -OCH3 is 1. The van der Waals surface area contributed by atoms with E-state index in [4.69, 9.17) is 14.2 Å². The molecule has 4 rings (SSSR count). The molecule has 2 bridgehead atoms. The molecule has 4 heteroatoms. The minimum absolute atomic E-state index is 0.0727. The van der Waals surface area contributed by atoms with Crippen LogP contribution < -0.4 is 4.74 Å². The van der Waals surface area contributed by atoms with Gasteiger partial charge in [0.15, 0.2) is 0 Å². The standard InChI is InChI=1S/C24H26O4/c1-26-22(25)10-11-23-12-14-24(18-23,15-13-23)27-17-19-6-5-9-21(16-19)28-20-7-3-2-4-8-20/h2-11,16H,12-15,17-18H2,1H3/b11-10+. The first-order valence-corrected chi connectivity index (χ1v) is 9.84. The summed E-state index contributed by atoms with van der Waals surface area (Å²) in [6, 6.07) is 17.9.